The molecule has 0 unspecified atom stereocenters. The monoisotopic (exact) mass is 463 g/mol. The van der Waals surface area contributed by atoms with Gasteiger partial charge in [-0.3, -0.25) is 0 Å². The Morgan fingerprint density at radius 1 is 0.500 bits per heavy atom. The number of nitrogens with zero attached hydrogens (tertiary/aromatic N) is 2. The molecular weight excluding hydrogens is 448 g/mol. The summed E-state index contributed by atoms with van der Waals surface area (Å²) in [6, 6.07) is 29.6. The summed E-state index contributed by atoms with van der Waals surface area (Å²) in [5, 5.41) is 0. The molecule has 0 amide bonds. The zero-order chi connectivity index (χ0) is 14.9. The number of rotatable bonds is 2. The van der Waals surface area contributed by atoms with E-state index in [1.54, 1.807) is 0 Å². The Hall–Kier alpha value is -2.22. The topological polar surface area (TPSA) is 9.86 Å². The van der Waals surface area contributed by atoms with Gasteiger partial charge in [0.1, 0.15) is 0 Å². The van der Waals surface area contributed by atoms with Crippen molar-refractivity contribution in [2.45, 2.75) is 0 Å². The summed E-state index contributed by atoms with van der Waals surface area (Å²) in [5.74, 6) is 0. The molecule has 0 spiro atoms. The molecule has 0 saturated carbocycles. The number of imidazole rings is 1. The average molecular weight is 463 g/mol. The first-order valence-electron chi connectivity index (χ1n) is 7.16. The van der Waals surface area contributed by atoms with Crippen LogP contribution in [0.5, 0.6) is 0 Å². The first-order valence-corrected chi connectivity index (χ1v) is 8.35. The van der Waals surface area contributed by atoms with Crippen LogP contribution in [0.4, 0.5) is 0 Å². The Balaban J connectivity index is 2.12. The van der Waals surface area contributed by atoms with Gasteiger partial charge in [0.2, 0.25) is 0 Å². The van der Waals surface area contributed by atoms with Crippen molar-refractivity contribution in [2.24, 2.45) is 0 Å². The average Bonchev–Trinajstić information content (AvgIpc) is 2.88. The van der Waals surface area contributed by atoms with Crippen molar-refractivity contribution < 1.29 is 18.4 Å². The van der Waals surface area contributed by atoms with Crippen LogP contribution in [0.2, 0.25) is 0 Å². The van der Waals surface area contributed by atoms with Crippen LogP contribution in [-0.2, 0) is 18.4 Å². The first-order chi connectivity index (χ1) is 10.9. The third kappa shape index (κ3) is 2.10. The second-order valence-electron chi connectivity index (χ2n) is 5.08. The van der Waals surface area contributed by atoms with E-state index in [9.17, 15) is 0 Å². The van der Waals surface area contributed by atoms with E-state index in [-0.39, 0.29) is 0 Å². The normalized spacial score (nSPS) is 11.0. The van der Waals surface area contributed by atoms with Gasteiger partial charge in [0.15, 0.2) is 0 Å². The van der Waals surface area contributed by atoms with Gasteiger partial charge in [-0.05, 0) is 0 Å². The summed E-state index contributed by atoms with van der Waals surface area (Å²) in [4.78, 5) is 0. The molecule has 109 valence electrons. The molecule has 4 rings (SSSR count). The second kappa shape index (κ2) is 5.52. The van der Waals surface area contributed by atoms with Gasteiger partial charge in [-0.1, -0.05) is 0 Å². The summed E-state index contributed by atoms with van der Waals surface area (Å²) in [5.41, 5.74) is 4.81. The van der Waals surface area contributed by atoms with Crippen LogP contribution in [0.15, 0.2) is 84.9 Å². The van der Waals surface area contributed by atoms with E-state index in [0.29, 0.717) is 0 Å². The van der Waals surface area contributed by atoms with Crippen LogP contribution in [0.25, 0.3) is 22.4 Å². The van der Waals surface area contributed by atoms with Crippen LogP contribution < -0.4 is 0 Å². The van der Waals surface area contributed by atoms with E-state index in [0.717, 1.165) is 0 Å². The number of aromatic nitrogens is 2. The molecule has 4 aromatic rings. The van der Waals surface area contributed by atoms with Crippen LogP contribution in [0.1, 0.15) is 0 Å². The molecule has 1 heterocycles. The van der Waals surface area contributed by atoms with E-state index in [2.05, 4.69) is 113 Å². The molecule has 0 aliphatic rings. The van der Waals surface area contributed by atoms with Gasteiger partial charge < -0.3 is 0 Å². The molecular formula is C19H14IrN2. The number of para-hydroxylation sites is 4. The Kier molecular flexibility index (Phi) is 3.38. The SMILES string of the molecule is [Ir]=[c]1n(-c2ccccc2)c2ccccc2n1-c1ccccc1. The Bertz CT molecular complexity index is 903. The number of hydrogen-bond acceptors (Lipinski definition) is 0. The van der Waals surface area contributed by atoms with Gasteiger partial charge in [0.25, 0.3) is 0 Å². The molecule has 0 atom stereocenters. The standard InChI is InChI=1S/C19H14N2.Ir/c1-3-9-16(10-4-1)20-15-21(17-11-5-2-6-12-17)19-14-8-7-13-18(19)20;/h1-14H;. The van der Waals surface area contributed by atoms with Gasteiger partial charge in [-0.25, -0.2) is 0 Å². The molecule has 3 heteroatoms. The van der Waals surface area contributed by atoms with Gasteiger partial charge in [-0.2, -0.15) is 0 Å². The molecule has 2 nitrogen and oxygen atoms in total. The van der Waals surface area contributed by atoms with Gasteiger partial charge >= 0.3 is 139 Å². The third-order valence-electron chi connectivity index (χ3n) is 3.74. The molecule has 22 heavy (non-hydrogen) atoms. The third-order valence-corrected chi connectivity index (χ3v) is 4.81. The fraction of sp³-hybridized carbons (Fsp3) is 0. The van der Waals surface area contributed by atoms with E-state index in [1.165, 1.54) is 26.3 Å². The fourth-order valence-corrected chi connectivity index (χ4v) is 3.96. The minimum absolute atomic E-state index is 1.19. The number of benzene rings is 3. The van der Waals surface area contributed by atoms with Gasteiger partial charge in [-0.15, -0.1) is 0 Å². The molecule has 0 fully saturated rings. The molecule has 0 radical (unpaired) electrons. The Morgan fingerprint density at radius 2 is 0.864 bits per heavy atom. The van der Waals surface area contributed by atoms with Crippen LogP contribution in [0, 0.1) is 3.93 Å². The first kappa shape index (κ1) is 13.4. The number of hydrogen-bond donors (Lipinski definition) is 0. The maximum absolute atomic E-state index is 2.31. The zero-order valence-electron chi connectivity index (χ0n) is 11.8. The molecule has 0 bridgehead atoms. The summed E-state index contributed by atoms with van der Waals surface area (Å²) in [7, 11) is 0. The predicted octanol–water partition coefficient (Wildman–Crippen LogP) is 4.50. The van der Waals surface area contributed by atoms with Crippen LogP contribution >= 0.6 is 0 Å². The van der Waals surface area contributed by atoms with E-state index in [1.807, 2.05) is 0 Å². The van der Waals surface area contributed by atoms with Crippen molar-refractivity contribution in [1.82, 2.24) is 9.13 Å². The molecule has 3 aromatic carbocycles. The molecule has 0 saturated heterocycles. The van der Waals surface area contributed by atoms with Crippen molar-refractivity contribution in [3.8, 4) is 11.4 Å². The summed E-state index contributed by atoms with van der Waals surface area (Å²) in [6.45, 7) is 0. The van der Waals surface area contributed by atoms with Crippen molar-refractivity contribution in [3.63, 3.8) is 0 Å². The van der Waals surface area contributed by atoms with Crippen molar-refractivity contribution >= 4 is 11.0 Å². The summed E-state index contributed by atoms with van der Waals surface area (Å²) >= 11 is 2.17. The van der Waals surface area contributed by atoms with E-state index < -0.39 is 0 Å². The fourth-order valence-electron chi connectivity index (χ4n) is 2.76. The van der Waals surface area contributed by atoms with Crippen molar-refractivity contribution in [1.29, 1.82) is 0 Å². The van der Waals surface area contributed by atoms with Gasteiger partial charge in [0.05, 0.1) is 0 Å². The maximum atomic E-state index is 2.31. The Morgan fingerprint density at radius 3 is 1.27 bits per heavy atom. The van der Waals surface area contributed by atoms with Gasteiger partial charge in [0, 0.05) is 0 Å². The van der Waals surface area contributed by atoms with E-state index >= 15 is 0 Å². The quantitative estimate of drug-likeness (QED) is 0.415. The molecule has 0 aliphatic carbocycles. The van der Waals surface area contributed by atoms with E-state index in [4.69, 9.17) is 0 Å². The molecule has 0 N–H and O–H groups in total. The molecule has 0 aliphatic heterocycles. The summed E-state index contributed by atoms with van der Waals surface area (Å²) < 4.78 is 5.81. The second-order valence-corrected chi connectivity index (χ2v) is 6.15. The van der Waals surface area contributed by atoms with Crippen LogP contribution in [0.3, 0.4) is 0 Å². The number of fused-ring (bicyclic) bond motifs is 1. The van der Waals surface area contributed by atoms with Crippen LogP contribution in [-0.4, -0.2) is 9.13 Å². The molecule has 1 aromatic heterocycles. The minimum atomic E-state index is 1.19. The Labute approximate surface area is 138 Å². The predicted molar refractivity (Wildman–Crippen MR) is 85.8 cm³/mol. The van der Waals surface area contributed by atoms with Crippen molar-refractivity contribution in [2.75, 3.05) is 0 Å². The van der Waals surface area contributed by atoms with Crippen molar-refractivity contribution in [3.05, 3.63) is 88.9 Å². The summed E-state index contributed by atoms with van der Waals surface area (Å²) in [6.07, 6.45) is 0. The zero-order valence-corrected chi connectivity index (χ0v) is 14.2.